The molecular formula is C18H22ClN3O. The molecule has 5 heteroatoms. The number of hydrogen-bond donors (Lipinski definition) is 2. The fraction of sp³-hybridized carbons (Fsp3) is 0.444. The van der Waals surface area contributed by atoms with Crippen LogP contribution in [-0.2, 0) is 4.79 Å². The second-order valence-corrected chi connectivity index (χ2v) is 6.55. The van der Waals surface area contributed by atoms with Crippen molar-refractivity contribution in [3.8, 4) is 6.07 Å². The van der Waals surface area contributed by atoms with Gasteiger partial charge in [0.25, 0.3) is 5.91 Å². The predicted molar refractivity (Wildman–Crippen MR) is 93.1 cm³/mol. The molecule has 1 fully saturated rings. The van der Waals surface area contributed by atoms with E-state index in [0.29, 0.717) is 22.7 Å². The quantitative estimate of drug-likeness (QED) is 0.643. The van der Waals surface area contributed by atoms with Gasteiger partial charge >= 0.3 is 0 Å². The van der Waals surface area contributed by atoms with Crippen LogP contribution in [0.5, 0.6) is 0 Å². The number of benzene rings is 1. The zero-order valence-electron chi connectivity index (χ0n) is 13.5. The number of anilines is 1. The van der Waals surface area contributed by atoms with Crippen molar-refractivity contribution in [1.82, 2.24) is 5.32 Å². The minimum atomic E-state index is -0.422. The SMILES string of the molecule is Cc1ccc(Cl)cc1NC(=O)/C(C#N)=C\NC1CCCCC1C. The summed E-state index contributed by atoms with van der Waals surface area (Å²) in [5, 5.41) is 15.8. The Morgan fingerprint density at radius 2 is 2.13 bits per heavy atom. The van der Waals surface area contributed by atoms with Crippen molar-refractivity contribution in [2.45, 2.75) is 45.6 Å². The van der Waals surface area contributed by atoms with Gasteiger partial charge in [0.1, 0.15) is 11.6 Å². The van der Waals surface area contributed by atoms with Gasteiger partial charge in [0.2, 0.25) is 0 Å². The van der Waals surface area contributed by atoms with Crippen molar-refractivity contribution in [3.05, 3.63) is 40.6 Å². The van der Waals surface area contributed by atoms with Crippen LogP contribution in [0, 0.1) is 24.2 Å². The molecule has 0 bridgehead atoms. The van der Waals surface area contributed by atoms with E-state index in [0.717, 1.165) is 12.0 Å². The molecule has 0 aromatic heterocycles. The molecule has 0 aliphatic heterocycles. The van der Waals surface area contributed by atoms with Gasteiger partial charge in [0, 0.05) is 23.0 Å². The molecule has 1 saturated carbocycles. The maximum Gasteiger partial charge on any atom is 0.267 e. The van der Waals surface area contributed by atoms with E-state index in [1.807, 2.05) is 19.1 Å². The summed E-state index contributed by atoms with van der Waals surface area (Å²) in [4.78, 5) is 12.3. The molecule has 0 radical (unpaired) electrons. The third-order valence-electron chi connectivity index (χ3n) is 4.37. The van der Waals surface area contributed by atoms with E-state index in [1.165, 1.54) is 19.3 Å². The summed E-state index contributed by atoms with van der Waals surface area (Å²) >= 11 is 5.95. The number of aryl methyl sites for hydroxylation is 1. The third-order valence-corrected chi connectivity index (χ3v) is 4.60. The van der Waals surface area contributed by atoms with Crippen molar-refractivity contribution in [1.29, 1.82) is 5.26 Å². The van der Waals surface area contributed by atoms with E-state index in [4.69, 9.17) is 11.6 Å². The average molecular weight is 332 g/mol. The Morgan fingerprint density at radius 1 is 1.39 bits per heavy atom. The number of carbonyl (C=O) groups is 1. The summed E-state index contributed by atoms with van der Waals surface area (Å²) < 4.78 is 0. The fourth-order valence-corrected chi connectivity index (χ4v) is 2.99. The van der Waals surface area contributed by atoms with Gasteiger partial charge in [-0.3, -0.25) is 4.79 Å². The molecule has 1 amide bonds. The molecule has 2 unspecified atom stereocenters. The van der Waals surface area contributed by atoms with Crippen LogP contribution in [-0.4, -0.2) is 11.9 Å². The monoisotopic (exact) mass is 331 g/mol. The Hall–Kier alpha value is -1.99. The highest BCUT2D eigenvalue weighted by Crippen LogP contribution is 2.24. The van der Waals surface area contributed by atoms with Gasteiger partial charge in [-0.15, -0.1) is 0 Å². The van der Waals surface area contributed by atoms with Crippen LogP contribution in [0.4, 0.5) is 5.69 Å². The summed E-state index contributed by atoms with van der Waals surface area (Å²) in [6.07, 6.45) is 6.24. The number of amides is 1. The van der Waals surface area contributed by atoms with E-state index in [1.54, 1.807) is 18.3 Å². The first kappa shape index (κ1) is 17.4. The molecule has 122 valence electrons. The highest BCUT2D eigenvalue weighted by Gasteiger charge is 2.20. The van der Waals surface area contributed by atoms with E-state index in [9.17, 15) is 10.1 Å². The predicted octanol–water partition coefficient (Wildman–Crippen LogP) is 4.16. The topological polar surface area (TPSA) is 64.9 Å². The number of nitrogens with one attached hydrogen (secondary N) is 2. The smallest absolute Gasteiger partial charge is 0.267 e. The van der Waals surface area contributed by atoms with Crippen molar-refractivity contribution < 1.29 is 4.79 Å². The van der Waals surface area contributed by atoms with E-state index in [-0.39, 0.29) is 5.57 Å². The first-order chi connectivity index (χ1) is 11.0. The largest absolute Gasteiger partial charge is 0.387 e. The lowest BCUT2D eigenvalue weighted by atomic mass is 9.86. The average Bonchev–Trinajstić information content (AvgIpc) is 2.53. The summed E-state index contributed by atoms with van der Waals surface area (Å²) in [7, 11) is 0. The molecule has 2 rings (SSSR count). The first-order valence-electron chi connectivity index (χ1n) is 7.95. The molecule has 1 aromatic carbocycles. The molecule has 1 aliphatic carbocycles. The molecule has 1 aliphatic rings. The van der Waals surface area contributed by atoms with Crippen LogP contribution in [0.25, 0.3) is 0 Å². The maximum atomic E-state index is 12.3. The second kappa shape index (κ2) is 8.03. The molecule has 1 aromatic rings. The number of carbonyl (C=O) groups excluding carboxylic acids is 1. The van der Waals surface area contributed by atoms with Crippen LogP contribution in [0.3, 0.4) is 0 Å². The summed E-state index contributed by atoms with van der Waals surface area (Å²) in [6, 6.07) is 7.56. The molecule has 0 heterocycles. The molecular weight excluding hydrogens is 310 g/mol. The third kappa shape index (κ3) is 4.74. The van der Waals surface area contributed by atoms with Gasteiger partial charge in [0.05, 0.1) is 0 Å². The summed E-state index contributed by atoms with van der Waals surface area (Å²) in [5.41, 5.74) is 1.59. The van der Waals surface area contributed by atoms with Gasteiger partial charge in [-0.1, -0.05) is 37.4 Å². The Bertz CT molecular complexity index is 648. The summed E-state index contributed by atoms with van der Waals surface area (Å²) in [5.74, 6) is 0.131. The van der Waals surface area contributed by atoms with Gasteiger partial charge < -0.3 is 10.6 Å². The van der Waals surface area contributed by atoms with Crippen LogP contribution in [0.1, 0.15) is 38.2 Å². The van der Waals surface area contributed by atoms with Crippen LogP contribution in [0.2, 0.25) is 5.02 Å². The molecule has 2 N–H and O–H groups in total. The number of nitriles is 1. The van der Waals surface area contributed by atoms with E-state index < -0.39 is 5.91 Å². The molecule has 2 atom stereocenters. The van der Waals surface area contributed by atoms with Crippen molar-refractivity contribution in [3.63, 3.8) is 0 Å². The van der Waals surface area contributed by atoms with Crippen molar-refractivity contribution >= 4 is 23.2 Å². The second-order valence-electron chi connectivity index (χ2n) is 6.12. The number of nitrogens with zero attached hydrogens (tertiary/aromatic N) is 1. The molecule has 4 nitrogen and oxygen atoms in total. The van der Waals surface area contributed by atoms with Gasteiger partial charge in [-0.25, -0.2) is 0 Å². The lowest BCUT2D eigenvalue weighted by Gasteiger charge is -2.29. The Morgan fingerprint density at radius 3 is 2.83 bits per heavy atom. The Balaban J connectivity index is 2.04. The number of hydrogen-bond acceptors (Lipinski definition) is 3. The van der Waals surface area contributed by atoms with Crippen molar-refractivity contribution in [2.75, 3.05) is 5.32 Å². The maximum absolute atomic E-state index is 12.3. The standard InChI is InChI=1S/C18H22ClN3O/c1-12-5-3-4-6-16(12)21-11-14(10-20)18(23)22-17-9-15(19)8-7-13(17)2/h7-9,11-12,16,21H,3-6H2,1-2H3,(H,22,23)/b14-11-. The lowest BCUT2D eigenvalue weighted by molar-refractivity contribution is -0.112. The normalized spacial score (nSPS) is 21.4. The lowest BCUT2D eigenvalue weighted by Crippen LogP contribution is -2.34. The molecule has 23 heavy (non-hydrogen) atoms. The number of halogens is 1. The van der Waals surface area contributed by atoms with E-state index in [2.05, 4.69) is 17.6 Å². The van der Waals surface area contributed by atoms with Gasteiger partial charge in [-0.2, -0.15) is 5.26 Å². The summed E-state index contributed by atoms with van der Waals surface area (Å²) in [6.45, 7) is 4.08. The van der Waals surface area contributed by atoms with Crippen LogP contribution in [0.15, 0.2) is 30.0 Å². The minimum absolute atomic E-state index is 0.0714. The van der Waals surface area contributed by atoms with Gasteiger partial charge in [0.15, 0.2) is 0 Å². The Labute approximate surface area is 142 Å². The highest BCUT2D eigenvalue weighted by atomic mass is 35.5. The Kier molecular flexibility index (Phi) is 6.06. The minimum Gasteiger partial charge on any atom is -0.387 e. The fourth-order valence-electron chi connectivity index (χ4n) is 2.82. The molecule has 0 spiro atoms. The van der Waals surface area contributed by atoms with Crippen LogP contribution >= 0.6 is 11.6 Å². The van der Waals surface area contributed by atoms with Gasteiger partial charge in [-0.05, 0) is 43.4 Å². The molecule has 0 saturated heterocycles. The highest BCUT2D eigenvalue weighted by molar-refractivity contribution is 6.31. The van der Waals surface area contributed by atoms with Crippen molar-refractivity contribution in [2.24, 2.45) is 5.92 Å². The first-order valence-corrected chi connectivity index (χ1v) is 8.33. The zero-order chi connectivity index (χ0) is 16.8. The van der Waals surface area contributed by atoms with Crippen LogP contribution < -0.4 is 10.6 Å². The number of rotatable bonds is 4. The van der Waals surface area contributed by atoms with E-state index >= 15 is 0 Å². The zero-order valence-corrected chi connectivity index (χ0v) is 14.3.